The van der Waals surface area contributed by atoms with Crippen molar-refractivity contribution >= 4 is 28.0 Å². The van der Waals surface area contributed by atoms with Gasteiger partial charge in [-0.2, -0.15) is 4.98 Å². The van der Waals surface area contributed by atoms with Crippen molar-refractivity contribution in [1.82, 2.24) is 20.4 Å². The molecule has 26 heavy (non-hydrogen) atoms. The molecule has 142 valence electrons. The second-order valence-electron chi connectivity index (χ2n) is 6.95. The van der Waals surface area contributed by atoms with Crippen LogP contribution >= 0.6 is 11.3 Å². The summed E-state index contributed by atoms with van der Waals surface area (Å²) in [5.74, 6) is 1.67. The molecule has 1 aliphatic carbocycles. The summed E-state index contributed by atoms with van der Waals surface area (Å²) in [6.45, 7) is 6.26. The molecule has 0 spiro atoms. The largest absolute Gasteiger partial charge is 0.352 e. The van der Waals surface area contributed by atoms with Gasteiger partial charge in [0.1, 0.15) is 10.6 Å². The first-order valence-corrected chi connectivity index (χ1v) is 11.2. The van der Waals surface area contributed by atoms with Crippen LogP contribution in [0.25, 0.3) is 10.8 Å². The fourth-order valence-corrected chi connectivity index (χ4v) is 4.89. The van der Waals surface area contributed by atoms with E-state index in [1.54, 1.807) is 5.51 Å². The zero-order valence-electron chi connectivity index (χ0n) is 15.2. The smallest absolute Gasteiger partial charge is 0.269 e. The highest BCUT2D eigenvalue weighted by atomic mass is 32.2. The molecular weight excluding hydrogens is 372 g/mol. The van der Waals surface area contributed by atoms with E-state index in [-0.39, 0.29) is 23.5 Å². The molecule has 7 nitrogen and oxygen atoms in total. The van der Waals surface area contributed by atoms with Gasteiger partial charge in [0.05, 0.1) is 17.0 Å². The van der Waals surface area contributed by atoms with Crippen molar-refractivity contribution in [2.75, 3.05) is 5.75 Å². The lowest BCUT2D eigenvalue weighted by atomic mass is 9.78. The lowest BCUT2D eigenvalue weighted by Gasteiger charge is -2.34. The number of rotatable bonds is 6. The van der Waals surface area contributed by atoms with Crippen LogP contribution in [-0.4, -0.2) is 37.0 Å². The number of thiazole rings is 1. The van der Waals surface area contributed by atoms with Crippen molar-refractivity contribution in [3.8, 4) is 10.8 Å². The molecule has 3 rings (SSSR count). The second-order valence-corrected chi connectivity index (χ2v) is 9.26. The monoisotopic (exact) mass is 396 g/mol. The van der Waals surface area contributed by atoms with E-state index < -0.39 is 10.8 Å². The van der Waals surface area contributed by atoms with Crippen LogP contribution in [-0.2, 0) is 21.3 Å². The maximum atomic E-state index is 12.3. The first-order valence-electron chi connectivity index (χ1n) is 8.81. The molecule has 4 atom stereocenters. The van der Waals surface area contributed by atoms with E-state index in [4.69, 9.17) is 4.52 Å². The Balaban J connectivity index is 1.52. The van der Waals surface area contributed by atoms with Crippen molar-refractivity contribution in [3.05, 3.63) is 17.0 Å². The minimum absolute atomic E-state index is 0.0406. The molecule has 0 aromatic carbocycles. The molecule has 1 amide bonds. The number of hydrogen-bond acceptors (Lipinski definition) is 7. The molecule has 9 heteroatoms. The quantitative estimate of drug-likeness (QED) is 0.806. The number of hydrogen-bond donors (Lipinski definition) is 1. The van der Waals surface area contributed by atoms with Crippen molar-refractivity contribution in [2.24, 2.45) is 11.8 Å². The molecule has 2 aromatic heterocycles. The van der Waals surface area contributed by atoms with Crippen LogP contribution in [0, 0.1) is 18.8 Å². The fraction of sp³-hybridized carbons (Fsp3) is 0.647. The van der Waals surface area contributed by atoms with Crippen LogP contribution in [0.15, 0.2) is 10.0 Å². The summed E-state index contributed by atoms with van der Waals surface area (Å²) in [5, 5.41) is 6.91. The van der Waals surface area contributed by atoms with E-state index >= 15 is 0 Å². The van der Waals surface area contributed by atoms with E-state index in [1.807, 2.05) is 6.92 Å². The predicted octanol–water partition coefficient (Wildman–Crippen LogP) is 2.69. The molecule has 1 saturated carbocycles. The van der Waals surface area contributed by atoms with Gasteiger partial charge in [-0.15, -0.1) is 11.3 Å². The maximum absolute atomic E-state index is 12.3. The third-order valence-corrected chi connectivity index (χ3v) is 7.12. The Kier molecular flexibility index (Phi) is 6.18. The van der Waals surface area contributed by atoms with Crippen LogP contribution in [0.5, 0.6) is 0 Å². The number of aromatic nitrogens is 3. The van der Waals surface area contributed by atoms with Gasteiger partial charge in [0.15, 0.2) is 5.82 Å². The van der Waals surface area contributed by atoms with Crippen LogP contribution in [0.2, 0.25) is 0 Å². The van der Waals surface area contributed by atoms with Crippen LogP contribution in [0.3, 0.4) is 0 Å². The second kappa shape index (κ2) is 8.39. The van der Waals surface area contributed by atoms with Gasteiger partial charge in [-0.3, -0.25) is 9.00 Å². The zero-order chi connectivity index (χ0) is 18.7. The van der Waals surface area contributed by atoms with E-state index in [0.29, 0.717) is 23.6 Å². The minimum atomic E-state index is -1.37. The van der Waals surface area contributed by atoms with Crippen molar-refractivity contribution < 1.29 is 13.5 Å². The number of nitrogens with one attached hydrogen (secondary N) is 1. The van der Waals surface area contributed by atoms with Gasteiger partial charge in [0.2, 0.25) is 5.91 Å². The molecule has 1 fully saturated rings. The van der Waals surface area contributed by atoms with Crippen LogP contribution in [0.1, 0.15) is 44.6 Å². The highest BCUT2D eigenvalue weighted by Gasteiger charge is 2.28. The lowest BCUT2D eigenvalue weighted by Crippen LogP contribution is -2.45. The zero-order valence-corrected chi connectivity index (χ0v) is 16.9. The molecule has 0 bridgehead atoms. The highest BCUT2D eigenvalue weighted by molar-refractivity contribution is 7.84. The Morgan fingerprint density at radius 2 is 2.23 bits per heavy atom. The molecule has 1 aliphatic rings. The SMILES string of the molecule is Cc1ncsc1-c1nc(C[S@@](=O)CC(=O)N[C@@H]2CCC[C@H](C)[C@@H]2C)no1. The number of amides is 1. The van der Waals surface area contributed by atoms with Crippen LogP contribution in [0.4, 0.5) is 0 Å². The van der Waals surface area contributed by atoms with Gasteiger partial charge in [-0.1, -0.05) is 31.8 Å². The Labute approximate surface area is 159 Å². The van der Waals surface area contributed by atoms with E-state index in [0.717, 1.165) is 23.4 Å². The summed E-state index contributed by atoms with van der Waals surface area (Å²) in [5.41, 5.74) is 2.53. The Hall–Kier alpha value is -1.61. The average molecular weight is 397 g/mol. The lowest BCUT2D eigenvalue weighted by molar-refractivity contribution is -0.120. The maximum Gasteiger partial charge on any atom is 0.269 e. The molecule has 0 unspecified atom stereocenters. The fourth-order valence-electron chi connectivity index (χ4n) is 3.29. The summed E-state index contributed by atoms with van der Waals surface area (Å²) in [6.07, 6.45) is 3.33. The Morgan fingerprint density at radius 1 is 1.42 bits per heavy atom. The van der Waals surface area contributed by atoms with E-state index in [9.17, 15) is 9.00 Å². The summed E-state index contributed by atoms with van der Waals surface area (Å²) in [6, 6.07) is 0.175. The van der Waals surface area contributed by atoms with Gasteiger partial charge in [0.25, 0.3) is 5.89 Å². The number of carbonyl (C=O) groups is 1. The Bertz CT molecular complexity index is 789. The normalized spacial score (nSPS) is 24.3. The predicted molar refractivity (Wildman–Crippen MR) is 101 cm³/mol. The molecule has 0 saturated heterocycles. The summed E-state index contributed by atoms with van der Waals surface area (Å²) < 4.78 is 17.5. The molecule has 2 heterocycles. The third-order valence-electron chi connectivity index (χ3n) is 5.04. The highest BCUT2D eigenvalue weighted by Crippen LogP contribution is 2.29. The molecule has 0 aliphatic heterocycles. The van der Waals surface area contributed by atoms with Gasteiger partial charge < -0.3 is 9.84 Å². The number of nitrogens with zero attached hydrogens (tertiary/aromatic N) is 3. The summed E-state index contributed by atoms with van der Waals surface area (Å²) in [4.78, 5) is 21.5. The van der Waals surface area contributed by atoms with Crippen molar-refractivity contribution in [3.63, 3.8) is 0 Å². The van der Waals surface area contributed by atoms with Gasteiger partial charge in [-0.05, 0) is 25.2 Å². The van der Waals surface area contributed by atoms with Gasteiger partial charge >= 0.3 is 0 Å². The first-order chi connectivity index (χ1) is 12.4. The molecule has 1 N–H and O–H groups in total. The first kappa shape index (κ1) is 19.2. The number of carbonyl (C=O) groups excluding carboxylic acids is 1. The van der Waals surface area contributed by atoms with E-state index in [2.05, 4.69) is 34.3 Å². The summed E-state index contributed by atoms with van der Waals surface area (Å²) in [7, 11) is -1.37. The summed E-state index contributed by atoms with van der Waals surface area (Å²) >= 11 is 1.42. The van der Waals surface area contributed by atoms with E-state index in [1.165, 1.54) is 17.8 Å². The van der Waals surface area contributed by atoms with Crippen molar-refractivity contribution in [2.45, 2.75) is 51.8 Å². The molecular formula is C17H24N4O3S2. The molecule has 2 aromatic rings. The van der Waals surface area contributed by atoms with Gasteiger partial charge in [0, 0.05) is 16.8 Å². The topological polar surface area (TPSA) is 98.0 Å². The number of aryl methyl sites for hydroxylation is 1. The minimum Gasteiger partial charge on any atom is -0.352 e. The van der Waals surface area contributed by atoms with Crippen molar-refractivity contribution in [1.29, 1.82) is 0 Å². The third kappa shape index (κ3) is 4.56. The van der Waals surface area contributed by atoms with Crippen LogP contribution < -0.4 is 5.32 Å². The Morgan fingerprint density at radius 3 is 2.96 bits per heavy atom. The standard InChI is InChI=1S/C17H24N4O3S2/c1-10-5-4-6-13(11(10)2)19-15(22)8-26(23)7-14-20-17(24-21-14)16-12(3)18-9-25-16/h9-11,13H,4-8H2,1-3H3,(H,19,22)/t10-,11-,13+,26+/m0/s1. The molecule has 0 radical (unpaired) electrons. The van der Waals surface area contributed by atoms with Gasteiger partial charge in [-0.25, -0.2) is 4.98 Å². The average Bonchev–Trinajstić information content (AvgIpc) is 3.20.